The molecule has 148 valence electrons. The number of aryl methyl sites for hydroxylation is 1. The Hall–Kier alpha value is -3.15. The van der Waals surface area contributed by atoms with E-state index >= 15 is 0 Å². The zero-order valence-corrected chi connectivity index (χ0v) is 17.0. The molecule has 0 amide bonds. The number of hydrogen-bond donors (Lipinski definition) is 1. The Bertz CT molecular complexity index is 971. The number of pyridine rings is 1. The molecule has 0 aliphatic heterocycles. The minimum Gasteiger partial charge on any atom is -0.463 e. The lowest BCUT2D eigenvalue weighted by Crippen LogP contribution is -2.27. The first-order chi connectivity index (χ1) is 13.3. The van der Waals surface area contributed by atoms with Crippen molar-refractivity contribution in [1.29, 1.82) is 0 Å². The van der Waals surface area contributed by atoms with Gasteiger partial charge in [0.25, 0.3) is 5.56 Å². The van der Waals surface area contributed by atoms with E-state index in [-0.39, 0.29) is 11.3 Å². The highest BCUT2D eigenvalue weighted by Gasteiger charge is 2.23. The van der Waals surface area contributed by atoms with Gasteiger partial charge in [0.15, 0.2) is 5.78 Å². The molecule has 0 aliphatic rings. The predicted molar refractivity (Wildman–Crippen MR) is 111 cm³/mol. The van der Waals surface area contributed by atoms with Crippen molar-refractivity contribution in [2.24, 2.45) is 0 Å². The van der Waals surface area contributed by atoms with Gasteiger partial charge in [-0.05, 0) is 43.5 Å². The lowest BCUT2D eigenvalue weighted by atomic mass is 9.93. The van der Waals surface area contributed by atoms with Gasteiger partial charge < -0.3 is 14.6 Å². The zero-order valence-electron chi connectivity index (χ0n) is 17.0. The number of aromatic nitrogens is 1. The van der Waals surface area contributed by atoms with E-state index in [1.165, 1.54) is 6.08 Å². The molecule has 6 nitrogen and oxygen atoms in total. The molecule has 1 aromatic carbocycles. The normalized spacial score (nSPS) is 10.9. The molecule has 0 unspecified atom stereocenters. The summed E-state index contributed by atoms with van der Waals surface area (Å²) in [5.74, 6) is -0.659. The second kappa shape index (κ2) is 9.17. The standard InChI is InChI=1S/C22H26N2O4/c1-6-17-14(3)23-22(27)20(24(4)5)19(17)21(26)16-10-8-9-15(13-16)11-12-18(25)28-7-2/h8-13H,6-7H2,1-5H3,(H,23,27)/b12-11+. The molecule has 2 aromatic rings. The Labute approximate surface area is 164 Å². The van der Waals surface area contributed by atoms with E-state index in [0.717, 1.165) is 5.56 Å². The van der Waals surface area contributed by atoms with Crippen molar-refractivity contribution in [2.45, 2.75) is 27.2 Å². The number of ether oxygens (including phenoxy) is 1. The van der Waals surface area contributed by atoms with Crippen LogP contribution in [0.25, 0.3) is 6.08 Å². The van der Waals surface area contributed by atoms with Crippen molar-refractivity contribution in [1.82, 2.24) is 4.98 Å². The third kappa shape index (κ3) is 4.57. The van der Waals surface area contributed by atoms with Gasteiger partial charge in [-0.1, -0.05) is 25.1 Å². The van der Waals surface area contributed by atoms with E-state index in [1.54, 1.807) is 63.2 Å². The van der Waals surface area contributed by atoms with E-state index < -0.39 is 5.97 Å². The lowest BCUT2D eigenvalue weighted by Gasteiger charge is -2.20. The highest BCUT2D eigenvalue weighted by molar-refractivity contribution is 6.13. The maximum absolute atomic E-state index is 13.4. The molecule has 1 N–H and O–H groups in total. The summed E-state index contributed by atoms with van der Waals surface area (Å²) in [5.41, 5.74) is 3.14. The van der Waals surface area contributed by atoms with Gasteiger partial charge in [0, 0.05) is 31.4 Å². The molecule has 6 heteroatoms. The lowest BCUT2D eigenvalue weighted by molar-refractivity contribution is -0.137. The number of hydrogen-bond acceptors (Lipinski definition) is 5. The molecule has 0 radical (unpaired) electrons. The average Bonchev–Trinajstić information content (AvgIpc) is 2.65. The van der Waals surface area contributed by atoms with Crippen LogP contribution in [-0.2, 0) is 16.0 Å². The maximum atomic E-state index is 13.4. The number of nitrogens with zero attached hydrogens (tertiary/aromatic N) is 1. The van der Waals surface area contributed by atoms with Crippen LogP contribution in [0.15, 0.2) is 35.1 Å². The van der Waals surface area contributed by atoms with Gasteiger partial charge in [-0.25, -0.2) is 4.79 Å². The van der Waals surface area contributed by atoms with Gasteiger partial charge in [-0.15, -0.1) is 0 Å². The van der Waals surface area contributed by atoms with Gasteiger partial charge in [0.05, 0.1) is 12.2 Å². The first-order valence-electron chi connectivity index (χ1n) is 9.22. The van der Waals surface area contributed by atoms with Crippen LogP contribution in [-0.4, -0.2) is 37.4 Å². The molecule has 0 fully saturated rings. The number of nitrogens with one attached hydrogen (secondary N) is 1. The topological polar surface area (TPSA) is 79.5 Å². The Morgan fingerprint density at radius 2 is 1.93 bits per heavy atom. The number of esters is 1. The van der Waals surface area contributed by atoms with Crippen molar-refractivity contribution in [2.75, 3.05) is 25.6 Å². The molecular weight excluding hydrogens is 356 g/mol. The third-order valence-corrected chi connectivity index (χ3v) is 4.38. The summed E-state index contributed by atoms with van der Waals surface area (Å²) in [6.45, 7) is 5.79. The van der Waals surface area contributed by atoms with Crippen LogP contribution >= 0.6 is 0 Å². The zero-order chi connectivity index (χ0) is 20.8. The first-order valence-corrected chi connectivity index (χ1v) is 9.22. The average molecular weight is 382 g/mol. The molecule has 0 saturated carbocycles. The number of carbonyl (C=O) groups excluding carboxylic acids is 2. The third-order valence-electron chi connectivity index (χ3n) is 4.38. The maximum Gasteiger partial charge on any atom is 0.330 e. The Morgan fingerprint density at radius 3 is 2.54 bits per heavy atom. The summed E-state index contributed by atoms with van der Waals surface area (Å²) in [5, 5.41) is 0. The van der Waals surface area contributed by atoms with Crippen molar-refractivity contribution in [3.63, 3.8) is 0 Å². The molecule has 0 aliphatic carbocycles. The summed E-state index contributed by atoms with van der Waals surface area (Å²) < 4.78 is 4.87. The minimum atomic E-state index is -0.437. The number of H-pyrrole nitrogens is 1. The second-order valence-corrected chi connectivity index (χ2v) is 6.57. The van der Waals surface area contributed by atoms with E-state index in [2.05, 4.69) is 4.98 Å². The van der Waals surface area contributed by atoms with Gasteiger partial charge in [0.1, 0.15) is 5.69 Å². The largest absolute Gasteiger partial charge is 0.463 e. The molecule has 28 heavy (non-hydrogen) atoms. The summed E-state index contributed by atoms with van der Waals surface area (Å²) in [6, 6.07) is 6.95. The predicted octanol–water partition coefficient (Wildman–Crippen LogP) is 3.12. The second-order valence-electron chi connectivity index (χ2n) is 6.57. The fourth-order valence-corrected chi connectivity index (χ4v) is 3.14. The molecular formula is C22H26N2O4. The van der Waals surface area contributed by atoms with Crippen LogP contribution in [0.2, 0.25) is 0 Å². The van der Waals surface area contributed by atoms with Crippen LogP contribution in [0.5, 0.6) is 0 Å². The molecule has 0 atom stereocenters. The van der Waals surface area contributed by atoms with Crippen molar-refractivity contribution in [3.8, 4) is 0 Å². The molecule has 2 rings (SSSR count). The summed E-state index contributed by atoms with van der Waals surface area (Å²) in [4.78, 5) is 41.9. The highest BCUT2D eigenvalue weighted by Crippen LogP contribution is 2.25. The van der Waals surface area contributed by atoms with E-state index in [0.29, 0.717) is 41.1 Å². The van der Waals surface area contributed by atoms with Crippen LogP contribution in [0.3, 0.4) is 0 Å². The van der Waals surface area contributed by atoms with Gasteiger partial charge in [0.2, 0.25) is 0 Å². The SMILES string of the molecule is CCOC(=O)/C=C/c1cccc(C(=O)c2c(CC)c(C)[nH]c(=O)c2N(C)C)c1. The Balaban J connectivity index is 2.54. The molecule has 1 aromatic heterocycles. The summed E-state index contributed by atoms with van der Waals surface area (Å²) in [6.07, 6.45) is 3.55. The van der Waals surface area contributed by atoms with Crippen LogP contribution in [0.4, 0.5) is 5.69 Å². The van der Waals surface area contributed by atoms with Crippen LogP contribution in [0.1, 0.15) is 46.6 Å². The monoisotopic (exact) mass is 382 g/mol. The fraction of sp³-hybridized carbons (Fsp3) is 0.318. The summed E-state index contributed by atoms with van der Waals surface area (Å²) >= 11 is 0. The van der Waals surface area contributed by atoms with Crippen molar-refractivity contribution < 1.29 is 14.3 Å². The minimum absolute atomic E-state index is 0.221. The molecule has 1 heterocycles. The molecule has 0 saturated heterocycles. The number of anilines is 1. The van der Waals surface area contributed by atoms with Crippen LogP contribution < -0.4 is 10.5 Å². The smallest absolute Gasteiger partial charge is 0.330 e. The van der Waals surface area contributed by atoms with Gasteiger partial charge in [-0.2, -0.15) is 0 Å². The van der Waals surface area contributed by atoms with Crippen molar-refractivity contribution in [3.05, 3.63) is 68.6 Å². The number of aromatic amines is 1. The van der Waals surface area contributed by atoms with Crippen molar-refractivity contribution >= 4 is 23.5 Å². The van der Waals surface area contributed by atoms with E-state index in [1.807, 2.05) is 6.92 Å². The van der Waals surface area contributed by atoms with Crippen LogP contribution in [0, 0.1) is 6.92 Å². The first kappa shape index (κ1) is 21.2. The fourth-order valence-electron chi connectivity index (χ4n) is 3.14. The van der Waals surface area contributed by atoms with Gasteiger partial charge >= 0.3 is 5.97 Å². The highest BCUT2D eigenvalue weighted by atomic mass is 16.5. The molecule has 0 spiro atoms. The number of rotatable bonds is 7. The Morgan fingerprint density at radius 1 is 1.21 bits per heavy atom. The van der Waals surface area contributed by atoms with E-state index in [4.69, 9.17) is 4.74 Å². The Kier molecular flexibility index (Phi) is 6.93. The number of ketones is 1. The number of benzene rings is 1. The molecule has 0 bridgehead atoms. The summed E-state index contributed by atoms with van der Waals surface area (Å²) in [7, 11) is 3.49. The van der Waals surface area contributed by atoms with E-state index in [9.17, 15) is 14.4 Å². The number of carbonyl (C=O) groups is 2. The van der Waals surface area contributed by atoms with Gasteiger partial charge in [-0.3, -0.25) is 9.59 Å². The quantitative estimate of drug-likeness (QED) is 0.452.